The molecule has 20 heavy (non-hydrogen) atoms. The maximum absolute atomic E-state index is 5.66. The lowest BCUT2D eigenvalue weighted by Gasteiger charge is -2.09. The predicted octanol–water partition coefficient (Wildman–Crippen LogP) is 2.94. The number of aromatic amines is 1. The molecular weight excluding hydrogens is 250 g/mol. The number of hydrogen-bond acceptors (Lipinski definition) is 3. The summed E-state index contributed by atoms with van der Waals surface area (Å²) in [7, 11) is 0. The summed E-state index contributed by atoms with van der Waals surface area (Å²) >= 11 is 0. The Morgan fingerprint density at radius 3 is 2.70 bits per heavy atom. The number of ether oxygens (including phenoxy) is 1. The van der Waals surface area contributed by atoms with Gasteiger partial charge in [0.1, 0.15) is 11.6 Å². The highest BCUT2D eigenvalue weighted by Gasteiger charge is 2.19. The van der Waals surface area contributed by atoms with E-state index in [-0.39, 0.29) is 6.10 Å². The van der Waals surface area contributed by atoms with E-state index in [0.29, 0.717) is 5.92 Å². The first-order valence-corrected chi connectivity index (χ1v) is 7.25. The van der Waals surface area contributed by atoms with E-state index in [2.05, 4.69) is 27.4 Å². The Kier molecular flexibility index (Phi) is 3.74. The van der Waals surface area contributed by atoms with Gasteiger partial charge in [-0.05, 0) is 56.6 Å². The van der Waals surface area contributed by atoms with Crippen LogP contribution in [-0.4, -0.2) is 29.2 Å². The molecule has 1 atom stereocenters. The molecule has 106 valence electrons. The molecule has 0 bridgehead atoms. The molecule has 1 aromatic carbocycles. The van der Waals surface area contributed by atoms with E-state index in [1.165, 1.54) is 0 Å². The van der Waals surface area contributed by atoms with E-state index < -0.39 is 0 Å². The van der Waals surface area contributed by atoms with Crippen LogP contribution in [0.3, 0.4) is 0 Å². The number of nitrogens with one attached hydrogen (secondary N) is 2. The summed E-state index contributed by atoms with van der Waals surface area (Å²) in [5.74, 6) is 2.52. The number of H-pyrrole nitrogens is 1. The zero-order chi connectivity index (χ0) is 13.9. The minimum absolute atomic E-state index is 0.203. The lowest BCUT2D eigenvalue weighted by atomic mass is 10.1. The predicted molar refractivity (Wildman–Crippen MR) is 80.0 cm³/mol. The number of imidazole rings is 1. The van der Waals surface area contributed by atoms with Crippen LogP contribution in [-0.2, 0) is 0 Å². The van der Waals surface area contributed by atoms with Gasteiger partial charge in [0, 0.05) is 12.5 Å². The van der Waals surface area contributed by atoms with Gasteiger partial charge in [0.2, 0.25) is 0 Å². The van der Waals surface area contributed by atoms with E-state index in [4.69, 9.17) is 4.74 Å². The SMILES string of the molecule is CC(C)Oc1ccc(-c2cnc(C3CCNC3)[nH]2)cc1. The van der Waals surface area contributed by atoms with Crippen molar-refractivity contribution in [3.8, 4) is 17.0 Å². The van der Waals surface area contributed by atoms with E-state index in [9.17, 15) is 0 Å². The fourth-order valence-corrected chi connectivity index (χ4v) is 2.56. The minimum Gasteiger partial charge on any atom is -0.491 e. The first kappa shape index (κ1) is 13.2. The fourth-order valence-electron chi connectivity index (χ4n) is 2.56. The molecule has 1 unspecified atom stereocenters. The molecule has 0 aliphatic carbocycles. The van der Waals surface area contributed by atoms with E-state index in [1.54, 1.807) is 0 Å². The zero-order valence-electron chi connectivity index (χ0n) is 12.0. The second-order valence-corrected chi connectivity index (χ2v) is 5.56. The van der Waals surface area contributed by atoms with Gasteiger partial charge in [0.25, 0.3) is 0 Å². The van der Waals surface area contributed by atoms with Crippen molar-refractivity contribution in [3.05, 3.63) is 36.3 Å². The van der Waals surface area contributed by atoms with Gasteiger partial charge in [0.05, 0.1) is 18.0 Å². The van der Waals surface area contributed by atoms with Crippen molar-refractivity contribution < 1.29 is 4.74 Å². The van der Waals surface area contributed by atoms with Crippen LogP contribution >= 0.6 is 0 Å². The number of nitrogens with zero attached hydrogens (tertiary/aromatic N) is 1. The van der Waals surface area contributed by atoms with Crippen LogP contribution in [0.15, 0.2) is 30.5 Å². The van der Waals surface area contributed by atoms with E-state index in [1.807, 2.05) is 32.2 Å². The standard InChI is InChI=1S/C16H21N3O/c1-11(2)20-14-5-3-12(4-6-14)15-10-18-16(19-15)13-7-8-17-9-13/h3-6,10-11,13,17H,7-9H2,1-2H3,(H,18,19). The molecule has 4 heteroatoms. The molecule has 2 heterocycles. The van der Waals surface area contributed by atoms with Gasteiger partial charge < -0.3 is 15.0 Å². The summed E-state index contributed by atoms with van der Waals surface area (Å²) in [6.45, 7) is 6.17. The molecule has 2 N–H and O–H groups in total. The normalized spacial score (nSPS) is 18.6. The van der Waals surface area contributed by atoms with Crippen LogP contribution < -0.4 is 10.1 Å². The van der Waals surface area contributed by atoms with Gasteiger partial charge in [-0.25, -0.2) is 4.98 Å². The Morgan fingerprint density at radius 1 is 1.25 bits per heavy atom. The van der Waals surface area contributed by atoms with Crippen molar-refractivity contribution in [3.63, 3.8) is 0 Å². The number of hydrogen-bond donors (Lipinski definition) is 2. The molecule has 1 saturated heterocycles. The third kappa shape index (κ3) is 2.85. The van der Waals surface area contributed by atoms with E-state index >= 15 is 0 Å². The second-order valence-electron chi connectivity index (χ2n) is 5.56. The van der Waals surface area contributed by atoms with Gasteiger partial charge in [-0.2, -0.15) is 0 Å². The molecule has 1 fully saturated rings. The van der Waals surface area contributed by atoms with Crippen LogP contribution in [0.5, 0.6) is 5.75 Å². The molecule has 1 aliphatic rings. The molecule has 0 amide bonds. The minimum atomic E-state index is 0.203. The zero-order valence-corrected chi connectivity index (χ0v) is 12.0. The summed E-state index contributed by atoms with van der Waals surface area (Å²) in [5.41, 5.74) is 2.22. The van der Waals surface area contributed by atoms with Gasteiger partial charge in [-0.3, -0.25) is 0 Å². The summed E-state index contributed by atoms with van der Waals surface area (Å²) in [4.78, 5) is 7.96. The molecule has 3 rings (SSSR count). The molecule has 2 aromatic rings. The third-order valence-corrected chi connectivity index (χ3v) is 3.58. The van der Waals surface area contributed by atoms with E-state index in [0.717, 1.165) is 42.3 Å². The van der Waals surface area contributed by atoms with Crippen molar-refractivity contribution in [1.82, 2.24) is 15.3 Å². The quantitative estimate of drug-likeness (QED) is 0.899. The van der Waals surface area contributed by atoms with Gasteiger partial charge in [0.15, 0.2) is 0 Å². The Balaban J connectivity index is 1.75. The second kappa shape index (κ2) is 5.67. The summed E-state index contributed by atoms with van der Waals surface area (Å²) in [5, 5.41) is 3.37. The molecule has 1 aromatic heterocycles. The van der Waals surface area contributed by atoms with Crippen molar-refractivity contribution in [2.75, 3.05) is 13.1 Å². The molecule has 1 aliphatic heterocycles. The van der Waals surface area contributed by atoms with Crippen LogP contribution in [0.2, 0.25) is 0 Å². The highest BCUT2D eigenvalue weighted by Crippen LogP contribution is 2.25. The van der Waals surface area contributed by atoms with Crippen LogP contribution in [0.1, 0.15) is 32.0 Å². The Hall–Kier alpha value is -1.81. The number of aromatic nitrogens is 2. The Labute approximate surface area is 119 Å². The molecule has 4 nitrogen and oxygen atoms in total. The largest absolute Gasteiger partial charge is 0.491 e. The average Bonchev–Trinajstić information content (AvgIpc) is 3.10. The topological polar surface area (TPSA) is 49.9 Å². The molecule has 0 radical (unpaired) electrons. The maximum atomic E-state index is 5.66. The maximum Gasteiger partial charge on any atom is 0.119 e. The lowest BCUT2D eigenvalue weighted by molar-refractivity contribution is 0.242. The molecule has 0 saturated carbocycles. The molecular formula is C16H21N3O. The highest BCUT2D eigenvalue weighted by molar-refractivity contribution is 5.59. The van der Waals surface area contributed by atoms with Crippen molar-refractivity contribution in [1.29, 1.82) is 0 Å². The Morgan fingerprint density at radius 2 is 2.05 bits per heavy atom. The van der Waals surface area contributed by atoms with Crippen LogP contribution in [0.4, 0.5) is 0 Å². The van der Waals surface area contributed by atoms with Gasteiger partial charge in [-0.1, -0.05) is 0 Å². The van der Waals surface area contributed by atoms with Crippen molar-refractivity contribution in [2.45, 2.75) is 32.3 Å². The monoisotopic (exact) mass is 271 g/mol. The van der Waals surface area contributed by atoms with Crippen LogP contribution in [0, 0.1) is 0 Å². The first-order valence-electron chi connectivity index (χ1n) is 7.25. The first-order chi connectivity index (χ1) is 9.72. The van der Waals surface area contributed by atoms with Crippen molar-refractivity contribution in [2.24, 2.45) is 0 Å². The van der Waals surface area contributed by atoms with Crippen LogP contribution in [0.25, 0.3) is 11.3 Å². The van der Waals surface area contributed by atoms with Crippen molar-refractivity contribution >= 4 is 0 Å². The number of rotatable bonds is 4. The lowest BCUT2D eigenvalue weighted by Crippen LogP contribution is -2.08. The van der Waals surface area contributed by atoms with Gasteiger partial charge >= 0.3 is 0 Å². The summed E-state index contributed by atoms with van der Waals surface area (Å²) < 4.78 is 5.66. The highest BCUT2D eigenvalue weighted by atomic mass is 16.5. The average molecular weight is 271 g/mol. The third-order valence-electron chi connectivity index (χ3n) is 3.58. The fraction of sp³-hybridized carbons (Fsp3) is 0.438. The van der Waals surface area contributed by atoms with Gasteiger partial charge in [-0.15, -0.1) is 0 Å². The summed E-state index contributed by atoms with van der Waals surface area (Å²) in [6.07, 6.45) is 3.29. The molecule has 0 spiro atoms. The number of benzene rings is 1. The Bertz CT molecular complexity index is 553. The smallest absolute Gasteiger partial charge is 0.119 e. The summed E-state index contributed by atoms with van der Waals surface area (Å²) in [6, 6.07) is 8.16.